The minimum atomic E-state index is 0.306. The van der Waals surface area contributed by atoms with Crippen LogP contribution in [0.5, 0.6) is 5.75 Å². The predicted octanol–water partition coefficient (Wildman–Crippen LogP) is 3.63. The van der Waals surface area contributed by atoms with Gasteiger partial charge in [-0.25, -0.2) is 9.97 Å². The van der Waals surface area contributed by atoms with Crippen LogP contribution >= 0.6 is 0 Å². The molecule has 0 unspecified atom stereocenters. The first-order valence-corrected chi connectivity index (χ1v) is 7.56. The standard InChI is InChI=1S/C17H21N3O/c1-4-18-16-10-14(19-17(20-16)11(2)3)12-5-6-15-13(9-12)7-8-21-15/h5-6,9-11H,4,7-8H2,1-3H3,(H,18,19,20). The molecule has 1 aliphatic heterocycles. The average Bonchev–Trinajstić information content (AvgIpc) is 2.94. The van der Waals surface area contributed by atoms with Gasteiger partial charge in [0.2, 0.25) is 0 Å². The Kier molecular flexibility index (Phi) is 3.78. The monoisotopic (exact) mass is 283 g/mol. The van der Waals surface area contributed by atoms with Gasteiger partial charge in [-0.1, -0.05) is 13.8 Å². The van der Waals surface area contributed by atoms with Crippen LogP contribution in [0.1, 0.15) is 38.1 Å². The number of hydrogen-bond donors (Lipinski definition) is 1. The van der Waals surface area contributed by atoms with Crippen LogP contribution in [0.3, 0.4) is 0 Å². The number of rotatable bonds is 4. The van der Waals surface area contributed by atoms with Crippen LogP contribution in [-0.4, -0.2) is 23.1 Å². The van der Waals surface area contributed by atoms with Gasteiger partial charge in [0, 0.05) is 30.5 Å². The number of anilines is 1. The van der Waals surface area contributed by atoms with Gasteiger partial charge in [0.25, 0.3) is 0 Å². The minimum absolute atomic E-state index is 0.306. The Labute approximate surface area is 125 Å². The quantitative estimate of drug-likeness (QED) is 0.930. The Morgan fingerprint density at radius 2 is 2.10 bits per heavy atom. The molecule has 0 fully saturated rings. The molecule has 4 nitrogen and oxygen atoms in total. The Balaban J connectivity index is 2.04. The lowest BCUT2D eigenvalue weighted by Crippen LogP contribution is -2.05. The summed E-state index contributed by atoms with van der Waals surface area (Å²) in [5.41, 5.74) is 3.37. The van der Waals surface area contributed by atoms with Crippen LogP contribution in [0.4, 0.5) is 5.82 Å². The highest BCUT2D eigenvalue weighted by molar-refractivity contribution is 5.65. The number of aromatic nitrogens is 2. The molecule has 0 saturated carbocycles. The van der Waals surface area contributed by atoms with E-state index in [1.165, 1.54) is 5.56 Å². The zero-order chi connectivity index (χ0) is 14.8. The molecule has 2 heterocycles. The summed E-state index contributed by atoms with van der Waals surface area (Å²) in [5, 5.41) is 3.29. The maximum atomic E-state index is 5.57. The maximum absolute atomic E-state index is 5.57. The van der Waals surface area contributed by atoms with E-state index in [1.807, 2.05) is 12.1 Å². The van der Waals surface area contributed by atoms with Crippen molar-refractivity contribution in [2.45, 2.75) is 33.1 Å². The lowest BCUT2D eigenvalue weighted by Gasteiger charge is -2.11. The van der Waals surface area contributed by atoms with Gasteiger partial charge < -0.3 is 10.1 Å². The van der Waals surface area contributed by atoms with Crippen molar-refractivity contribution in [3.63, 3.8) is 0 Å². The van der Waals surface area contributed by atoms with E-state index in [0.29, 0.717) is 5.92 Å². The third-order valence-corrected chi connectivity index (χ3v) is 3.60. The lowest BCUT2D eigenvalue weighted by atomic mass is 10.1. The first-order valence-electron chi connectivity index (χ1n) is 7.56. The normalized spacial score (nSPS) is 13.1. The van der Waals surface area contributed by atoms with Crippen molar-refractivity contribution in [3.8, 4) is 17.0 Å². The SMILES string of the molecule is CCNc1cc(-c2ccc3c(c2)CCO3)nc(C(C)C)n1. The van der Waals surface area contributed by atoms with Gasteiger partial charge in [-0.3, -0.25) is 0 Å². The predicted molar refractivity (Wildman–Crippen MR) is 84.9 cm³/mol. The number of hydrogen-bond acceptors (Lipinski definition) is 4. The van der Waals surface area contributed by atoms with E-state index < -0.39 is 0 Å². The van der Waals surface area contributed by atoms with Crippen LogP contribution in [0.25, 0.3) is 11.3 Å². The van der Waals surface area contributed by atoms with Crippen LogP contribution in [-0.2, 0) is 6.42 Å². The number of ether oxygens (including phenoxy) is 1. The Bertz CT molecular complexity index is 652. The summed E-state index contributed by atoms with van der Waals surface area (Å²) < 4.78 is 5.57. The van der Waals surface area contributed by atoms with E-state index in [0.717, 1.165) is 48.2 Å². The van der Waals surface area contributed by atoms with Gasteiger partial charge in [0.15, 0.2) is 0 Å². The number of nitrogens with zero attached hydrogens (tertiary/aromatic N) is 2. The number of nitrogens with one attached hydrogen (secondary N) is 1. The molecule has 1 N–H and O–H groups in total. The summed E-state index contributed by atoms with van der Waals surface area (Å²) in [6.07, 6.45) is 0.978. The molecule has 1 aliphatic rings. The van der Waals surface area contributed by atoms with Crippen molar-refractivity contribution in [2.75, 3.05) is 18.5 Å². The molecule has 21 heavy (non-hydrogen) atoms. The fraction of sp³-hybridized carbons (Fsp3) is 0.412. The van der Waals surface area contributed by atoms with Crippen molar-refractivity contribution in [1.29, 1.82) is 0 Å². The highest BCUT2D eigenvalue weighted by Gasteiger charge is 2.15. The second-order valence-corrected chi connectivity index (χ2v) is 5.60. The van der Waals surface area contributed by atoms with Crippen LogP contribution in [0.15, 0.2) is 24.3 Å². The Morgan fingerprint density at radius 1 is 1.24 bits per heavy atom. The van der Waals surface area contributed by atoms with E-state index >= 15 is 0 Å². The van der Waals surface area contributed by atoms with Gasteiger partial charge in [0.05, 0.1) is 12.3 Å². The van der Waals surface area contributed by atoms with Gasteiger partial charge in [-0.15, -0.1) is 0 Å². The topological polar surface area (TPSA) is 47.0 Å². The molecule has 0 amide bonds. The molecule has 0 saturated heterocycles. The molecule has 3 rings (SSSR count). The summed E-state index contributed by atoms with van der Waals surface area (Å²) in [5.74, 6) is 3.08. The fourth-order valence-electron chi connectivity index (χ4n) is 2.49. The van der Waals surface area contributed by atoms with Gasteiger partial charge in [-0.05, 0) is 30.7 Å². The highest BCUT2D eigenvalue weighted by Crippen LogP contribution is 2.30. The molecule has 4 heteroatoms. The molecule has 0 atom stereocenters. The average molecular weight is 283 g/mol. The van der Waals surface area contributed by atoms with E-state index in [4.69, 9.17) is 9.72 Å². The second kappa shape index (κ2) is 5.72. The smallest absolute Gasteiger partial charge is 0.133 e. The van der Waals surface area contributed by atoms with E-state index in [1.54, 1.807) is 0 Å². The summed E-state index contributed by atoms with van der Waals surface area (Å²) >= 11 is 0. The summed E-state index contributed by atoms with van der Waals surface area (Å²) in [6.45, 7) is 7.94. The van der Waals surface area contributed by atoms with Crippen LogP contribution in [0, 0.1) is 0 Å². The number of benzene rings is 1. The molecule has 0 aliphatic carbocycles. The summed E-state index contributed by atoms with van der Waals surface area (Å²) in [4.78, 5) is 9.29. The van der Waals surface area contributed by atoms with Crippen molar-refractivity contribution in [1.82, 2.24) is 9.97 Å². The zero-order valence-electron chi connectivity index (χ0n) is 12.8. The largest absolute Gasteiger partial charge is 0.493 e. The molecule has 2 aromatic rings. The van der Waals surface area contributed by atoms with E-state index in [-0.39, 0.29) is 0 Å². The summed E-state index contributed by atoms with van der Waals surface area (Å²) in [6, 6.07) is 8.32. The summed E-state index contributed by atoms with van der Waals surface area (Å²) in [7, 11) is 0. The van der Waals surface area contributed by atoms with Crippen molar-refractivity contribution >= 4 is 5.82 Å². The number of fused-ring (bicyclic) bond motifs is 1. The zero-order valence-corrected chi connectivity index (χ0v) is 12.8. The van der Waals surface area contributed by atoms with Crippen molar-refractivity contribution in [2.24, 2.45) is 0 Å². The lowest BCUT2D eigenvalue weighted by molar-refractivity contribution is 0.357. The van der Waals surface area contributed by atoms with Crippen LogP contribution in [0.2, 0.25) is 0 Å². The first-order chi connectivity index (χ1) is 10.2. The van der Waals surface area contributed by atoms with E-state index in [9.17, 15) is 0 Å². The molecule has 0 spiro atoms. The first kappa shape index (κ1) is 13.9. The maximum Gasteiger partial charge on any atom is 0.133 e. The van der Waals surface area contributed by atoms with Crippen LogP contribution < -0.4 is 10.1 Å². The highest BCUT2D eigenvalue weighted by atomic mass is 16.5. The third kappa shape index (κ3) is 2.84. The molecular weight excluding hydrogens is 262 g/mol. The molecule has 1 aromatic carbocycles. The molecule has 0 radical (unpaired) electrons. The minimum Gasteiger partial charge on any atom is -0.493 e. The van der Waals surface area contributed by atoms with Crippen molar-refractivity contribution in [3.05, 3.63) is 35.7 Å². The fourth-order valence-corrected chi connectivity index (χ4v) is 2.49. The van der Waals surface area contributed by atoms with Gasteiger partial charge >= 0.3 is 0 Å². The molecule has 0 bridgehead atoms. The Morgan fingerprint density at radius 3 is 2.86 bits per heavy atom. The molecule has 1 aromatic heterocycles. The molecular formula is C17H21N3O. The Hall–Kier alpha value is -2.10. The molecule has 110 valence electrons. The van der Waals surface area contributed by atoms with Crippen molar-refractivity contribution < 1.29 is 4.74 Å². The second-order valence-electron chi connectivity index (χ2n) is 5.60. The third-order valence-electron chi connectivity index (χ3n) is 3.60. The van der Waals surface area contributed by atoms with Gasteiger partial charge in [0.1, 0.15) is 17.4 Å². The van der Waals surface area contributed by atoms with E-state index in [2.05, 4.69) is 43.2 Å². The van der Waals surface area contributed by atoms with Gasteiger partial charge in [-0.2, -0.15) is 0 Å².